The van der Waals surface area contributed by atoms with Gasteiger partial charge in [-0.2, -0.15) is 0 Å². The second-order valence-electron chi connectivity index (χ2n) is 9.09. The maximum absolute atomic E-state index is 12.6. The Labute approximate surface area is 187 Å². The molecule has 1 saturated heterocycles. The van der Waals surface area contributed by atoms with Crippen molar-refractivity contribution in [3.63, 3.8) is 0 Å². The molecule has 2 heterocycles. The third kappa shape index (κ3) is 5.70. The van der Waals surface area contributed by atoms with Crippen molar-refractivity contribution in [3.05, 3.63) is 58.2 Å². The number of aromatic nitrogens is 2. The van der Waals surface area contributed by atoms with Crippen molar-refractivity contribution in [2.24, 2.45) is 0 Å². The largest absolute Gasteiger partial charge is 0.343 e. The van der Waals surface area contributed by atoms with Crippen LogP contribution in [-0.4, -0.2) is 51.9 Å². The van der Waals surface area contributed by atoms with Gasteiger partial charge in [-0.3, -0.25) is 9.69 Å². The Hall–Kier alpha value is -2.27. The fraction of sp³-hybridized carbons (Fsp3) is 0.577. The molecule has 0 aliphatic carbocycles. The lowest BCUT2D eigenvalue weighted by Gasteiger charge is -2.20. The molecule has 2 aromatic rings. The van der Waals surface area contributed by atoms with Gasteiger partial charge in [0.25, 0.3) is 0 Å². The summed E-state index contributed by atoms with van der Waals surface area (Å²) in [6, 6.07) is 9.02. The van der Waals surface area contributed by atoms with Gasteiger partial charge < -0.3 is 4.90 Å². The lowest BCUT2D eigenvalue weighted by Crippen LogP contribution is -2.32. The quantitative estimate of drug-likeness (QED) is 0.623. The maximum Gasteiger partial charge on any atom is 0.227 e. The summed E-state index contributed by atoms with van der Waals surface area (Å²) in [5, 5.41) is 0. The van der Waals surface area contributed by atoms with Gasteiger partial charge in [0.15, 0.2) is 0 Å². The van der Waals surface area contributed by atoms with Crippen LogP contribution in [0.5, 0.6) is 0 Å². The number of likely N-dealkylation sites (N-methyl/N-ethyl adjacent to an activating group) is 1. The van der Waals surface area contributed by atoms with Gasteiger partial charge in [0.05, 0.1) is 6.42 Å². The molecule has 0 spiro atoms. The number of likely N-dealkylation sites (tertiary alicyclic amines) is 1. The summed E-state index contributed by atoms with van der Waals surface area (Å²) < 4.78 is 0. The molecule has 3 rings (SSSR count). The van der Waals surface area contributed by atoms with Crippen LogP contribution >= 0.6 is 0 Å². The van der Waals surface area contributed by atoms with Crippen molar-refractivity contribution in [1.82, 2.24) is 19.8 Å². The molecule has 1 aromatic carbocycles. The second kappa shape index (κ2) is 10.4. The minimum Gasteiger partial charge on any atom is -0.343 e. The first-order valence-electron chi connectivity index (χ1n) is 11.7. The van der Waals surface area contributed by atoms with Crippen molar-refractivity contribution < 1.29 is 4.79 Å². The van der Waals surface area contributed by atoms with E-state index in [1.54, 1.807) is 0 Å². The molecule has 1 aromatic heterocycles. The predicted octanol–water partition coefficient (Wildman–Crippen LogP) is 4.62. The molecular weight excluding hydrogens is 384 g/mol. The van der Waals surface area contributed by atoms with Gasteiger partial charge in [-0.25, -0.2) is 9.97 Å². The normalized spacial score (nSPS) is 16.8. The Bertz CT molecular complexity index is 864. The first-order valence-corrected chi connectivity index (χ1v) is 11.7. The van der Waals surface area contributed by atoms with Crippen LogP contribution in [0.4, 0.5) is 0 Å². The standard InChI is InChI=1S/C26H38N4O/c1-7-30(8-2)25(31)15-24-19(5)27-26(28-20(24)6)23-13-14-29(17-23)16-21-9-11-22(12-10-21)18(3)4/h9-12,18,23H,7-8,13-17H2,1-6H3/t23-/m0/s1. The number of amides is 1. The molecule has 1 atom stereocenters. The molecular formula is C26H38N4O. The van der Waals surface area contributed by atoms with Crippen LogP contribution in [0.2, 0.25) is 0 Å². The number of rotatable bonds is 8. The summed E-state index contributed by atoms with van der Waals surface area (Å²) in [5.74, 6) is 2.02. The SMILES string of the molecule is CCN(CC)C(=O)Cc1c(C)nc([C@H]2CCN(Cc3ccc(C(C)C)cc3)C2)nc1C. The lowest BCUT2D eigenvalue weighted by atomic mass is 10.0. The van der Waals surface area contributed by atoms with E-state index in [0.717, 1.165) is 61.9 Å². The minimum absolute atomic E-state index is 0.156. The highest BCUT2D eigenvalue weighted by molar-refractivity contribution is 5.79. The first kappa shape index (κ1) is 23.4. The van der Waals surface area contributed by atoms with Crippen LogP contribution in [0, 0.1) is 13.8 Å². The summed E-state index contributed by atoms with van der Waals surface area (Å²) in [6.07, 6.45) is 1.48. The number of aryl methyl sites for hydroxylation is 2. The van der Waals surface area contributed by atoms with E-state index in [1.807, 2.05) is 32.6 Å². The van der Waals surface area contributed by atoms with Crippen molar-refractivity contribution in [1.29, 1.82) is 0 Å². The Morgan fingerprint density at radius 3 is 2.26 bits per heavy atom. The van der Waals surface area contributed by atoms with Crippen LogP contribution < -0.4 is 0 Å². The van der Waals surface area contributed by atoms with E-state index in [-0.39, 0.29) is 5.91 Å². The van der Waals surface area contributed by atoms with E-state index < -0.39 is 0 Å². The number of hydrogen-bond acceptors (Lipinski definition) is 4. The molecule has 0 bridgehead atoms. The van der Waals surface area contributed by atoms with Gasteiger partial charge in [0.2, 0.25) is 5.91 Å². The average Bonchev–Trinajstić information content (AvgIpc) is 3.20. The zero-order chi connectivity index (χ0) is 22.5. The van der Waals surface area contributed by atoms with Crippen LogP contribution in [0.3, 0.4) is 0 Å². The summed E-state index contributed by atoms with van der Waals surface area (Å²) in [7, 11) is 0. The van der Waals surface area contributed by atoms with Gasteiger partial charge in [-0.05, 0) is 57.7 Å². The van der Waals surface area contributed by atoms with E-state index in [0.29, 0.717) is 18.3 Å². The van der Waals surface area contributed by atoms with E-state index in [2.05, 4.69) is 43.0 Å². The molecule has 1 amide bonds. The fourth-order valence-corrected chi connectivity index (χ4v) is 4.50. The summed E-state index contributed by atoms with van der Waals surface area (Å²) >= 11 is 0. The smallest absolute Gasteiger partial charge is 0.227 e. The van der Waals surface area contributed by atoms with E-state index in [9.17, 15) is 4.79 Å². The molecule has 31 heavy (non-hydrogen) atoms. The zero-order valence-corrected chi connectivity index (χ0v) is 20.1. The predicted molar refractivity (Wildman–Crippen MR) is 126 cm³/mol. The highest BCUT2D eigenvalue weighted by Gasteiger charge is 2.27. The molecule has 1 fully saturated rings. The molecule has 168 valence electrons. The summed E-state index contributed by atoms with van der Waals surface area (Å²) in [5.41, 5.74) is 5.64. The van der Waals surface area contributed by atoms with Gasteiger partial charge >= 0.3 is 0 Å². The Kier molecular flexibility index (Phi) is 7.82. The van der Waals surface area contributed by atoms with Crippen LogP contribution in [0.25, 0.3) is 0 Å². The molecule has 0 saturated carbocycles. The molecule has 5 nitrogen and oxygen atoms in total. The molecule has 0 N–H and O–H groups in total. The van der Waals surface area contributed by atoms with E-state index in [1.165, 1.54) is 11.1 Å². The Morgan fingerprint density at radius 2 is 1.71 bits per heavy atom. The second-order valence-corrected chi connectivity index (χ2v) is 9.09. The number of hydrogen-bond donors (Lipinski definition) is 0. The third-order valence-electron chi connectivity index (χ3n) is 6.57. The van der Waals surface area contributed by atoms with Crippen LogP contribution in [-0.2, 0) is 17.8 Å². The zero-order valence-electron chi connectivity index (χ0n) is 20.1. The Morgan fingerprint density at radius 1 is 1.10 bits per heavy atom. The van der Waals surface area contributed by atoms with Crippen LogP contribution in [0.1, 0.15) is 79.9 Å². The van der Waals surface area contributed by atoms with Crippen molar-refractivity contribution >= 4 is 5.91 Å². The number of nitrogens with zero attached hydrogens (tertiary/aromatic N) is 4. The van der Waals surface area contributed by atoms with Crippen molar-refractivity contribution in [2.45, 2.75) is 72.8 Å². The lowest BCUT2D eigenvalue weighted by molar-refractivity contribution is -0.130. The molecule has 5 heteroatoms. The van der Waals surface area contributed by atoms with Crippen LogP contribution in [0.15, 0.2) is 24.3 Å². The van der Waals surface area contributed by atoms with E-state index >= 15 is 0 Å². The minimum atomic E-state index is 0.156. The Balaban J connectivity index is 1.65. The molecule has 1 aliphatic rings. The third-order valence-corrected chi connectivity index (χ3v) is 6.57. The van der Waals surface area contributed by atoms with Gasteiger partial charge in [0, 0.05) is 49.0 Å². The first-order chi connectivity index (χ1) is 14.8. The van der Waals surface area contributed by atoms with Gasteiger partial charge in [-0.15, -0.1) is 0 Å². The summed E-state index contributed by atoms with van der Waals surface area (Å²) in [6.45, 7) is 17.1. The van der Waals surface area contributed by atoms with Gasteiger partial charge in [-0.1, -0.05) is 38.1 Å². The maximum atomic E-state index is 12.6. The highest BCUT2D eigenvalue weighted by atomic mass is 16.2. The van der Waals surface area contributed by atoms with E-state index in [4.69, 9.17) is 9.97 Å². The monoisotopic (exact) mass is 422 g/mol. The molecule has 1 aliphatic heterocycles. The topological polar surface area (TPSA) is 49.3 Å². The fourth-order valence-electron chi connectivity index (χ4n) is 4.50. The summed E-state index contributed by atoms with van der Waals surface area (Å²) in [4.78, 5) is 26.6. The highest BCUT2D eigenvalue weighted by Crippen LogP contribution is 2.27. The average molecular weight is 423 g/mol. The number of carbonyl (C=O) groups excluding carboxylic acids is 1. The number of benzene rings is 1. The number of carbonyl (C=O) groups is 1. The van der Waals surface area contributed by atoms with Gasteiger partial charge in [0.1, 0.15) is 5.82 Å². The molecule has 0 unspecified atom stereocenters. The van der Waals surface area contributed by atoms with Crippen molar-refractivity contribution in [3.8, 4) is 0 Å². The molecule has 0 radical (unpaired) electrons. The van der Waals surface area contributed by atoms with Crippen molar-refractivity contribution in [2.75, 3.05) is 26.2 Å².